The smallest absolute Gasteiger partial charge is 0.392 e. The van der Waals surface area contributed by atoms with Crippen LogP contribution in [0.3, 0.4) is 0 Å². The summed E-state index contributed by atoms with van der Waals surface area (Å²) in [6.45, 7) is 5.68. The van der Waals surface area contributed by atoms with Gasteiger partial charge in [-0.25, -0.2) is 9.97 Å². The third kappa shape index (κ3) is 5.06. The maximum atomic E-state index is 13.4. The van der Waals surface area contributed by atoms with Gasteiger partial charge in [0.05, 0.1) is 11.7 Å². The fraction of sp³-hybridized carbons (Fsp3) is 0.577. The van der Waals surface area contributed by atoms with Crippen molar-refractivity contribution < 1.29 is 23.1 Å². The number of likely N-dealkylation sites (tertiary alicyclic amines) is 2. The zero-order chi connectivity index (χ0) is 25.4. The highest BCUT2D eigenvalue weighted by Crippen LogP contribution is 2.33. The van der Waals surface area contributed by atoms with Crippen molar-refractivity contribution in [2.45, 2.75) is 63.9 Å². The fourth-order valence-electron chi connectivity index (χ4n) is 5.79. The molecule has 0 saturated carbocycles. The van der Waals surface area contributed by atoms with Crippen molar-refractivity contribution in [3.05, 3.63) is 52.5 Å². The van der Waals surface area contributed by atoms with Gasteiger partial charge >= 0.3 is 6.18 Å². The van der Waals surface area contributed by atoms with Crippen LogP contribution in [-0.4, -0.2) is 75.7 Å². The topological polar surface area (TPSA) is 72.8 Å². The van der Waals surface area contributed by atoms with Gasteiger partial charge in [0, 0.05) is 44.3 Å². The summed E-state index contributed by atoms with van der Waals surface area (Å²) in [5.41, 5.74) is 1.89. The molecule has 1 N–H and O–H groups in total. The summed E-state index contributed by atoms with van der Waals surface area (Å²) in [7, 11) is 0. The number of anilines is 1. The molecular formula is C26H32F3N5O2. The van der Waals surface area contributed by atoms with E-state index >= 15 is 0 Å². The van der Waals surface area contributed by atoms with Crippen molar-refractivity contribution >= 4 is 11.7 Å². The van der Waals surface area contributed by atoms with E-state index in [0.717, 1.165) is 43.9 Å². The van der Waals surface area contributed by atoms with E-state index in [-0.39, 0.29) is 12.0 Å². The second-order valence-corrected chi connectivity index (χ2v) is 10.1. The number of fused-ring (bicyclic) bond motifs is 1. The van der Waals surface area contributed by atoms with Crippen molar-refractivity contribution in [2.75, 3.05) is 37.6 Å². The van der Waals surface area contributed by atoms with Gasteiger partial charge in [-0.05, 0) is 68.8 Å². The summed E-state index contributed by atoms with van der Waals surface area (Å²) in [5, 5.41) is 9.99. The maximum absolute atomic E-state index is 13.4. The monoisotopic (exact) mass is 503 g/mol. The van der Waals surface area contributed by atoms with Crippen molar-refractivity contribution in [3.63, 3.8) is 0 Å². The number of halogens is 3. The normalized spacial score (nSPS) is 22.0. The molecule has 3 aliphatic heterocycles. The largest absolute Gasteiger partial charge is 0.416 e. The van der Waals surface area contributed by atoms with Crippen LogP contribution in [0.1, 0.15) is 58.4 Å². The number of hydrogen-bond donors (Lipinski definition) is 1. The first-order valence-corrected chi connectivity index (χ1v) is 12.7. The number of amides is 1. The van der Waals surface area contributed by atoms with E-state index in [1.807, 2.05) is 16.7 Å². The number of benzene rings is 1. The Morgan fingerprint density at radius 2 is 1.83 bits per heavy atom. The number of aromatic nitrogens is 2. The van der Waals surface area contributed by atoms with Crippen LogP contribution >= 0.6 is 0 Å². The molecule has 2 fully saturated rings. The molecule has 1 aromatic carbocycles. The lowest BCUT2D eigenvalue weighted by molar-refractivity contribution is -0.137. The van der Waals surface area contributed by atoms with Gasteiger partial charge < -0.3 is 14.9 Å². The number of aliphatic hydroxyl groups is 1. The Morgan fingerprint density at radius 1 is 1.06 bits per heavy atom. The number of nitrogens with zero attached hydrogens (tertiary/aromatic N) is 5. The highest BCUT2D eigenvalue weighted by atomic mass is 19.4. The minimum Gasteiger partial charge on any atom is -0.392 e. The number of alkyl halides is 3. The van der Waals surface area contributed by atoms with E-state index in [0.29, 0.717) is 67.8 Å². The molecule has 0 aliphatic carbocycles. The SMILES string of the molecule is Cc1c(C(=O)N2CCC(N3CCCC(O)C3)CC2)ncnc1N1CCc2ccc(C(F)(F)F)cc2C1. The molecule has 194 valence electrons. The Labute approximate surface area is 208 Å². The molecule has 10 heteroatoms. The Kier molecular flexibility index (Phi) is 6.91. The first kappa shape index (κ1) is 25.0. The van der Waals surface area contributed by atoms with Gasteiger partial charge in [0.2, 0.25) is 0 Å². The van der Waals surface area contributed by atoms with Gasteiger partial charge in [-0.1, -0.05) is 6.07 Å². The highest BCUT2D eigenvalue weighted by molar-refractivity contribution is 5.94. The molecule has 5 rings (SSSR count). The van der Waals surface area contributed by atoms with Crippen LogP contribution in [0.5, 0.6) is 0 Å². The van der Waals surface area contributed by atoms with Crippen LogP contribution in [0.15, 0.2) is 24.5 Å². The summed E-state index contributed by atoms with van der Waals surface area (Å²) < 4.78 is 39.7. The molecule has 1 aromatic heterocycles. The number of aliphatic hydroxyl groups excluding tert-OH is 1. The first-order chi connectivity index (χ1) is 17.2. The molecule has 7 nitrogen and oxygen atoms in total. The van der Waals surface area contributed by atoms with Crippen molar-refractivity contribution in [3.8, 4) is 0 Å². The number of rotatable bonds is 3. The van der Waals surface area contributed by atoms with Gasteiger partial charge in [0.15, 0.2) is 0 Å². The molecule has 2 aromatic rings. The number of piperidine rings is 2. The van der Waals surface area contributed by atoms with E-state index in [1.54, 1.807) is 6.07 Å². The number of carbonyl (C=O) groups is 1. The number of hydrogen-bond acceptors (Lipinski definition) is 6. The molecule has 0 radical (unpaired) electrons. The van der Waals surface area contributed by atoms with Crippen molar-refractivity contribution in [1.29, 1.82) is 0 Å². The van der Waals surface area contributed by atoms with Gasteiger partial charge in [-0.3, -0.25) is 9.69 Å². The van der Waals surface area contributed by atoms with Gasteiger partial charge in [0.25, 0.3) is 5.91 Å². The van der Waals surface area contributed by atoms with Gasteiger partial charge in [-0.2, -0.15) is 13.2 Å². The zero-order valence-electron chi connectivity index (χ0n) is 20.5. The molecule has 36 heavy (non-hydrogen) atoms. The predicted octanol–water partition coefficient (Wildman–Crippen LogP) is 3.43. The molecule has 1 atom stereocenters. The Bertz CT molecular complexity index is 1120. The maximum Gasteiger partial charge on any atom is 0.416 e. The Morgan fingerprint density at radius 3 is 2.56 bits per heavy atom. The minimum atomic E-state index is -4.39. The summed E-state index contributed by atoms with van der Waals surface area (Å²) >= 11 is 0. The van der Waals surface area contributed by atoms with Crippen LogP contribution in [0.25, 0.3) is 0 Å². The number of β-amino-alcohol motifs (C(OH)–C–C–N with tert-alkyl or cyclic N) is 1. The average Bonchev–Trinajstić information content (AvgIpc) is 2.87. The average molecular weight is 504 g/mol. The Hall–Kier alpha value is -2.72. The van der Waals surface area contributed by atoms with E-state index in [9.17, 15) is 23.1 Å². The lowest BCUT2D eigenvalue weighted by Crippen LogP contribution is -2.50. The standard InChI is InChI=1S/C26H32F3N5O2/c1-17-23(25(36)32-11-7-21(8-12-32)33-9-2-3-22(35)15-33)30-16-31-24(17)34-10-6-18-4-5-20(26(27,28)29)13-19(18)14-34/h4-5,13,16,21-22,35H,2-3,6-12,14-15H2,1H3. The predicted molar refractivity (Wildman–Crippen MR) is 129 cm³/mol. The molecule has 0 bridgehead atoms. The van der Waals surface area contributed by atoms with Gasteiger partial charge in [-0.15, -0.1) is 0 Å². The second kappa shape index (κ2) is 9.97. The quantitative estimate of drug-likeness (QED) is 0.692. The lowest BCUT2D eigenvalue weighted by atomic mass is 9.96. The van der Waals surface area contributed by atoms with E-state index in [1.165, 1.54) is 12.4 Å². The molecule has 0 spiro atoms. The van der Waals surface area contributed by atoms with Crippen LogP contribution in [0, 0.1) is 6.92 Å². The second-order valence-electron chi connectivity index (χ2n) is 10.1. The zero-order valence-corrected chi connectivity index (χ0v) is 20.5. The first-order valence-electron chi connectivity index (χ1n) is 12.7. The lowest BCUT2D eigenvalue weighted by Gasteiger charge is -2.41. The summed E-state index contributed by atoms with van der Waals surface area (Å²) in [4.78, 5) is 28.2. The third-order valence-corrected chi connectivity index (χ3v) is 7.80. The molecule has 3 aliphatic rings. The third-order valence-electron chi connectivity index (χ3n) is 7.80. The van der Waals surface area contributed by atoms with Crippen LogP contribution in [0.2, 0.25) is 0 Å². The molecule has 1 amide bonds. The van der Waals surface area contributed by atoms with Crippen LogP contribution in [0.4, 0.5) is 19.0 Å². The Balaban J connectivity index is 1.28. The van der Waals surface area contributed by atoms with E-state index in [4.69, 9.17) is 0 Å². The molecule has 1 unspecified atom stereocenters. The van der Waals surface area contributed by atoms with E-state index < -0.39 is 11.7 Å². The summed E-state index contributed by atoms with van der Waals surface area (Å²) in [6.07, 6.45) is 0.917. The van der Waals surface area contributed by atoms with Gasteiger partial charge in [0.1, 0.15) is 17.8 Å². The molecule has 2 saturated heterocycles. The summed E-state index contributed by atoms with van der Waals surface area (Å²) in [6, 6.07) is 4.29. The van der Waals surface area contributed by atoms with Crippen LogP contribution in [-0.2, 0) is 19.1 Å². The fourth-order valence-corrected chi connectivity index (χ4v) is 5.79. The molecule has 4 heterocycles. The van der Waals surface area contributed by atoms with Crippen molar-refractivity contribution in [2.24, 2.45) is 0 Å². The molecular weight excluding hydrogens is 471 g/mol. The van der Waals surface area contributed by atoms with E-state index in [2.05, 4.69) is 14.9 Å². The van der Waals surface area contributed by atoms with Crippen molar-refractivity contribution in [1.82, 2.24) is 19.8 Å². The highest BCUT2D eigenvalue weighted by Gasteiger charge is 2.33. The summed E-state index contributed by atoms with van der Waals surface area (Å²) in [5.74, 6) is 0.457. The van der Waals surface area contributed by atoms with Crippen LogP contribution < -0.4 is 4.90 Å². The minimum absolute atomic E-state index is 0.134. The number of carbonyl (C=O) groups excluding carboxylic acids is 1.